The minimum atomic E-state index is -0.683. The number of nitrogens with two attached hydrogens (primary N) is 2. The van der Waals surface area contributed by atoms with Crippen LogP contribution in [0.4, 0.5) is 5.82 Å². The number of nitrogen functional groups attached to an aromatic ring is 1. The molecule has 0 bridgehead atoms. The summed E-state index contributed by atoms with van der Waals surface area (Å²) in [4.78, 5) is 25.6. The first-order valence-electron chi connectivity index (χ1n) is 10.7. The number of rotatable bonds is 7. The number of nitrogens with one attached hydrogen (secondary N) is 1. The fourth-order valence-corrected chi connectivity index (χ4v) is 5.21. The molecule has 5 atom stereocenters. The van der Waals surface area contributed by atoms with Crippen molar-refractivity contribution in [2.45, 2.75) is 37.4 Å². The van der Waals surface area contributed by atoms with Crippen molar-refractivity contribution in [2.75, 3.05) is 19.5 Å². The summed E-state index contributed by atoms with van der Waals surface area (Å²) >= 11 is 0. The topological polar surface area (TPSA) is 154 Å². The summed E-state index contributed by atoms with van der Waals surface area (Å²) in [6.07, 6.45) is 5.06. The van der Waals surface area contributed by atoms with Crippen molar-refractivity contribution in [3.63, 3.8) is 0 Å². The largest absolute Gasteiger partial charge is 0.497 e. The average Bonchev–Trinajstić information content (AvgIpc) is 3.26. The van der Waals surface area contributed by atoms with E-state index in [4.69, 9.17) is 16.2 Å². The summed E-state index contributed by atoms with van der Waals surface area (Å²) in [5.74, 6) is 1.11. The quantitative estimate of drug-likeness (QED) is 0.414. The summed E-state index contributed by atoms with van der Waals surface area (Å²) in [5.41, 5.74) is 14.0. The van der Waals surface area contributed by atoms with Crippen molar-refractivity contribution >= 4 is 22.9 Å². The van der Waals surface area contributed by atoms with Gasteiger partial charge in [-0.15, -0.1) is 0 Å². The molecule has 2 saturated carbocycles. The monoisotopic (exact) mass is 437 g/mol. The number of fused-ring (bicyclic) bond motifs is 2. The second kappa shape index (κ2) is 7.72. The first-order chi connectivity index (χ1) is 15.5. The van der Waals surface area contributed by atoms with Gasteiger partial charge in [-0.05, 0) is 42.9 Å². The smallest absolute Gasteiger partial charge is 0.237 e. The van der Waals surface area contributed by atoms with Crippen molar-refractivity contribution in [2.24, 2.45) is 17.1 Å². The number of methoxy groups -OCH3 is 1. The zero-order valence-corrected chi connectivity index (χ0v) is 17.8. The first-order valence-corrected chi connectivity index (χ1v) is 10.7. The standard InChI is InChI=1S/C22H27N7O3/c1-32-13-4-2-12(3-5-13)6-15(23)21(31)28-17-7-16(14-8-22(14,17)9-30)29-11-27-18-19(24)25-10-26-20(18)29/h2-5,10-11,14-17,30H,6-9,23H2,1H3,(H,28,31)(H2,24,25,26)/t14-,15+,16+,17+,22+/m1/s1. The number of benzene rings is 1. The van der Waals surface area contributed by atoms with E-state index >= 15 is 0 Å². The maximum atomic E-state index is 12.9. The Balaban J connectivity index is 1.30. The number of aliphatic hydroxyl groups excluding tert-OH is 1. The molecular weight excluding hydrogens is 410 g/mol. The summed E-state index contributed by atoms with van der Waals surface area (Å²) in [6.45, 7) is 0.0105. The molecule has 5 rings (SSSR count). The molecule has 10 heteroatoms. The van der Waals surface area contributed by atoms with Gasteiger partial charge in [0.2, 0.25) is 5.91 Å². The number of nitrogens with zero attached hydrogens (tertiary/aromatic N) is 4. The third-order valence-electron chi connectivity index (χ3n) is 7.12. The highest BCUT2D eigenvalue weighted by Gasteiger charge is 2.67. The number of carbonyl (C=O) groups is 1. The third kappa shape index (κ3) is 3.26. The summed E-state index contributed by atoms with van der Waals surface area (Å²) < 4.78 is 7.17. The molecule has 10 nitrogen and oxygen atoms in total. The van der Waals surface area contributed by atoms with E-state index in [9.17, 15) is 9.90 Å². The van der Waals surface area contributed by atoms with E-state index in [1.54, 1.807) is 13.4 Å². The maximum Gasteiger partial charge on any atom is 0.237 e. The molecule has 3 aromatic rings. The Hall–Kier alpha value is -3.24. The second-order valence-corrected chi connectivity index (χ2v) is 8.81. The van der Waals surface area contributed by atoms with Gasteiger partial charge in [0.1, 0.15) is 17.6 Å². The van der Waals surface area contributed by atoms with E-state index in [0.717, 1.165) is 17.7 Å². The van der Waals surface area contributed by atoms with Crippen molar-refractivity contribution in [1.82, 2.24) is 24.8 Å². The van der Waals surface area contributed by atoms with Crippen molar-refractivity contribution in [1.29, 1.82) is 0 Å². The summed E-state index contributed by atoms with van der Waals surface area (Å²) in [7, 11) is 1.61. The normalized spacial score (nSPS) is 27.2. The lowest BCUT2D eigenvalue weighted by Gasteiger charge is -2.25. The van der Waals surface area contributed by atoms with Crippen LogP contribution in [-0.4, -0.2) is 56.3 Å². The fraction of sp³-hybridized carbons (Fsp3) is 0.455. The van der Waals surface area contributed by atoms with Crippen LogP contribution < -0.4 is 21.5 Å². The molecule has 6 N–H and O–H groups in total. The Kier molecular flexibility index (Phi) is 4.98. The van der Waals surface area contributed by atoms with Crippen LogP contribution in [0.2, 0.25) is 0 Å². The number of hydrogen-bond donors (Lipinski definition) is 4. The van der Waals surface area contributed by atoms with Gasteiger partial charge >= 0.3 is 0 Å². The van der Waals surface area contributed by atoms with E-state index in [-0.39, 0.29) is 35.9 Å². The number of amides is 1. The van der Waals surface area contributed by atoms with Gasteiger partial charge in [0.05, 0.1) is 26.1 Å². The number of carbonyl (C=O) groups excluding carboxylic acids is 1. The van der Waals surface area contributed by atoms with Crippen molar-refractivity contribution < 1.29 is 14.6 Å². The van der Waals surface area contributed by atoms with Gasteiger partial charge in [0.25, 0.3) is 0 Å². The fourth-order valence-electron chi connectivity index (χ4n) is 5.21. The zero-order valence-electron chi connectivity index (χ0n) is 17.8. The summed E-state index contributed by atoms with van der Waals surface area (Å²) in [6, 6.07) is 6.71. The van der Waals surface area contributed by atoms with Gasteiger partial charge in [-0.3, -0.25) is 4.79 Å². The lowest BCUT2D eigenvalue weighted by atomic mass is 9.97. The number of aliphatic hydroxyl groups is 1. The zero-order chi connectivity index (χ0) is 22.5. The van der Waals surface area contributed by atoms with Crippen LogP contribution in [0.3, 0.4) is 0 Å². The van der Waals surface area contributed by atoms with Gasteiger partial charge in [-0.2, -0.15) is 0 Å². The number of anilines is 1. The van der Waals surface area contributed by atoms with Crippen LogP contribution in [0.25, 0.3) is 11.2 Å². The number of imidazole rings is 1. The first kappa shape index (κ1) is 20.7. The molecule has 2 aliphatic carbocycles. The van der Waals surface area contributed by atoms with Gasteiger partial charge < -0.3 is 31.2 Å². The minimum Gasteiger partial charge on any atom is -0.497 e. The highest BCUT2D eigenvalue weighted by Crippen LogP contribution is 2.67. The molecule has 0 saturated heterocycles. The van der Waals surface area contributed by atoms with E-state index in [1.807, 2.05) is 28.8 Å². The van der Waals surface area contributed by atoms with E-state index < -0.39 is 6.04 Å². The predicted octanol–water partition coefficient (Wildman–Crippen LogP) is 0.415. The van der Waals surface area contributed by atoms with Crippen LogP contribution in [-0.2, 0) is 11.2 Å². The molecule has 1 amide bonds. The molecule has 0 aliphatic heterocycles. The van der Waals surface area contributed by atoms with Crippen LogP contribution >= 0.6 is 0 Å². The molecule has 168 valence electrons. The van der Waals surface area contributed by atoms with Crippen LogP contribution in [0, 0.1) is 11.3 Å². The van der Waals surface area contributed by atoms with E-state index in [2.05, 4.69) is 20.3 Å². The highest BCUT2D eigenvalue weighted by molar-refractivity contribution is 5.83. The highest BCUT2D eigenvalue weighted by atomic mass is 16.5. The van der Waals surface area contributed by atoms with Crippen molar-refractivity contribution in [3.8, 4) is 5.75 Å². The maximum absolute atomic E-state index is 12.9. The number of aromatic nitrogens is 4. The second-order valence-electron chi connectivity index (χ2n) is 8.81. The van der Waals surface area contributed by atoms with E-state index in [1.165, 1.54) is 6.33 Å². The number of hydrogen-bond acceptors (Lipinski definition) is 8. The molecule has 2 heterocycles. The lowest BCUT2D eigenvalue weighted by Crippen LogP contribution is -2.49. The SMILES string of the molecule is COc1ccc(C[C@H](N)C(=O)N[C@H]2C[C@H](n3cnc4c(N)ncnc43)[C@H]3C[C@@]23CO)cc1. The Labute approximate surface area is 185 Å². The van der Waals surface area contributed by atoms with Gasteiger partial charge in [0, 0.05) is 17.5 Å². The summed E-state index contributed by atoms with van der Waals surface area (Å²) in [5, 5.41) is 13.3. The Bertz CT molecular complexity index is 1150. The minimum absolute atomic E-state index is 0.0105. The van der Waals surface area contributed by atoms with Crippen LogP contribution in [0.1, 0.15) is 24.4 Å². The molecule has 2 fully saturated rings. The van der Waals surface area contributed by atoms with Crippen molar-refractivity contribution in [3.05, 3.63) is 42.5 Å². The number of ether oxygens (including phenoxy) is 1. The lowest BCUT2D eigenvalue weighted by molar-refractivity contribution is -0.123. The van der Waals surface area contributed by atoms with Gasteiger partial charge in [-0.25, -0.2) is 15.0 Å². The predicted molar refractivity (Wildman–Crippen MR) is 118 cm³/mol. The Morgan fingerprint density at radius 1 is 1.34 bits per heavy atom. The van der Waals surface area contributed by atoms with Crippen LogP contribution in [0.15, 0.2) is 36.9 Å². The molecule has 0 radical (unpaired) electrons. The molecule has 0 unspecified atom stereocenters. The molecule has 2 aliphatic rings. The van der Waals surface area contributed by atoms with Gasteiger partial charge in [-0.1, -0.05) is 12.1 Å². The van der Waals surface area contributed by atoms with Gasteiger partial charge in [0.15, 0.2) is 11.5 Å². The Morgan fingerprint density at radius 3 is 2.84 bits per heavy atom. The molecule has 1 aromatic carbocycles. The molecule has 2 aromatic heterocycles. The third-order valence-corrected chi connectivity index (χ3v) is 7.12. The Morgan fingerprint density at radius 2 is 2.12 bits per heavy atom. The van der Waals surface area contributed by atoms with E-state index in [0.29, 0.717) is 29.8 Å². The van der Waals surface area contributed by atoms with Crippen LogP contribution in [0.5, 0.6) is 5.75 Å². The average molecular weight is 438 g/mol. The molecular formula is C22H27N7O3. The molecule has 0 spiro atoms. The molecule has 32 heavy (non-hydrogen) atoms.